The van der Waals surface area contributed by atoms with Gasteiger partial charge in [-0.05, 0) is 30.0 Å². The van der Waals surface area contributed by atoms with Gasteiger partial charge in [-0.3, -0.25) is 4.98 Å². The fourth-order valence-corrected chi connectivity index (χ4v) is 2.73. The Kier molecular flexibility index (Phi) is 4.91. The third-order valence-electron chi connectivity index (χ3n) is 4.18. The molecule has 2 aromatic rings. The van der Waals surface area contributed by atoms with E-state index in [0.29, 0.717) is 5.92 Å². The second-order valence-electron chi connectivity index (χ2n) is 5.50. The van der Waals surface area contributed by atoms with Crippen molar-refractivity contribution in [2.75, 3.05) is 0 Å². The second-order valence-corrected chi connectivity index (χ2v) is 5.50. The second kappa shape index (κ2) is 6.67. The minimum absolute atomic E-state index is 0.101. The molecular formula is C18H23NO. The predicted molar refractivity (Wildman–Crippen MR) is 82.6 cm³/mol. The normalized spacial score (nSPS) is 15.6. The molecule has 0 bridgehead atoms. The Balaban J connectivity index is 2.40. The first-order valence-corrected chi connectivity index (χ1v) is 7.28. The van der Waals surface area contributed by atoms with E-state index in [9.17, 15) is 5.11 Å². The Morgan fingerprint density at radius 3 is 2.45 bits per heavy atom. The van der Waals surface area contributed by atoms with E-state index in [2.05, 4.69) is 31.0 Å². The lowest BCUT2D eigenvalue weighted by Crippen LogP contribution is -2.19. The third-order valence-corrected chi connectivity index (χ3v) is 4.18. The summed E-state index contributed by atoms with van der Waals surface area (Å²) in [5.41, 5.74) is 3.22. The zero-order valence-corrected chi connectivity index (χ0v) is 12.5. The van der Waals surface area contributed by atoms with Gasteiger partial charge in [0.15, 0.2) is 0 Å². The smallest absolute Gasteiger partial charge is 0.0878 e. The van der Waals surface area contributed by atoms with Crippen LogP contribution < -0.4 is 0 Å². The van der Waals surface area contributed by atoms with Gasteiger partial charge in [0, 0.05) is 23.9 Å². The maximum Gasteiger partial charge on any atom is 0.0878 e. The summed E-state index contributed by atoms with van der Waals surface area (Å²) < 4.78 is 0. The van der Waals surface area contributed by atoms with E-state index in [4.69, 9.17) is 0 Å². The fourth-order valence-electron chi connectivity index (χ4n) is 2.73. The first-order valence-electron chi connectivity index (χ1n) is 7.28. The van der Waals surface area contributed by atoms with E-state index < -0.39 is 6.10 Å². The summed E-state index contributed by atoms with van der Waals surface area (Å²) in [5.74, 6) is 0.510. The molecular weight excluding hydrogens is 246 g/mol. The quantitative estimate of drug-likeness (QED) is 0.880. The molecule has 0 saturated heterocycles. The maximum absolute atomic E-state index is 10.9. The highest BCUT2D eigenvalue weighted by Crippen LogP contribution is 2.38. The summed E-state index contributed by atoms with van der Waals surface area (Å²) in [4.78, 5) is 4.17. The van der Waals surface area contributed by atoms with Crippen molar-refractivity contribution in [1.29, 1.82) is 0 Å². The number of pyridine rings is 1. The maximum atomic E-state index is 10.9. The average molecular weight is 269 g/mol. The first-order chi connectivity index (χ1) is 9.65. The first kappa shape index (κ1) is 14.7. The largest absolute Gasteiger partial charge is 0.388 e. The van der Waals surface area contributed by atoms with Crippen LogP contribution in [0.15, 0.2) is 48.8 Å². The van der Waals surface area contributed by atoms with Crippen molar-refractivity contribution in [2.24, 2.45) is 5.92 Å². The number of aromatic nitrogens is 1. The molecule has 3 atom stereocenters. The third kappa shape index (κ3) is 3.07. The van der Waals surface area contributed by atoms with Crippen LogP contribution in [0.1, 0.15) is 49.0 Å². The minimum Gasteiger partial charge on any atom is -0.388 e. The van der Waals surface area contributed by atoms with Gasteiger partial charge in [0.1, 0.15) is 0 Å². The zero-order chi connectivity index (χ0) is 14.5. The Morgan fingerprint density at radius 2 is 1.85 bits per heavy atom. The fraction of sp³-hybridized carbons (Fsp3) is 0.389. The average Bonchev–Trinajstić information content (AvgIpc) is 2.48. The highest BCUT2D eigenvalue weighted by atomic mass is 16.3. The Bertz CT molecular complexity index is 538. The van der Waals surface area contributed by atoms with Crippen LogP contribution in [-0.4, -0.2) is 10.1 Å². The van der Waals surface area contributed by atoms with Crippen molar-refractivity contribution in [1.82, 2.24) is 4.98 Å². The minimum atomic E-state index is -0.513. The van der Waals surface area contributed by atoms with Crippen molar-refractivity contribution in [3.8, 4) is 0 Å². The Hall–Kier alpha value is -1.67. The van der Waals surface area contributed by atoms with Gasteiger partial charge in [-0.2, -0.15) is 0 Å². The number of benzene rings is 1. The molecule has 0 spiro atoms. The number of aliphatic hydroxyl groups excluding tert-OH is 1. The summed E-state index contributed by atoms with van der Waals surface area (Å²) in [5, 5.41) is 10.9. The van der Waals surface area contributed by atoms with E-state index in [-0.39, 0.29) is 5.92 Å². The standard InChI is InChI=1S/C18H23NO/c1-4-13(2)17(15-8-6-5-7-9-15)18(20)16-12-19-11-10-14(16)3/h5-13,17-18,20H,4H2,1-3H3. The number of aliphatic hydroxyl groups is 1. The number of aryl methyl sites for hydroxylation is 1. The Morgan fingerprint density at radius 1 is 1.15 bits per heavy atom. The summed E-state index contributed by atoms with van der Waals surface area (Å²) in [6, 6.07) is 12.2. The zero-order valence-electron chi connectivity index (χ0n) is 12.5. The predicted octanol–water partition coefficient (Wildman–Crippen LogP) is 4.25. The van der Waals surface area contributed by atoms with Gasteiger partial charge in [-0.1, -0.05) is 50.6 Å². The molecule has 3 unspecified atom stereocenters. The lowest BCUT2D eigenvalue weighted by Gasteiger charge is -2.29. The van der Waals surface area contributed by atoms with Crippen molar-refractivity contribution in [2.45, 2.75) is 39.2 Å². The summed E-state index contributed by atoms with van der Waals surface area (Å²) >= 11 is 0. The van der Waals surface area contributed by atoms with Gasteiger partial charge in [0.25, 0.3) is 0 Å². The molecule has 1 N–H and O–H groups in total. The van der Waals surface area contributed by atoms with Crippen molar-refractivity contribution >= 4 is 0 Å². The van der Waals surface area contributed by atoms with Gasteiger partial charge in [0.05, 0.1) is 6.10 Å². The molecule has 0 radical (unpaired) electrons. The SMILES string of the molecule is CCC(C)C(c1ccccc1)C(O)c1cnccc1C. The highest BCUT2D eigenvalue weighted by Gasteiger charge is 2.28. The van der Waals surface area contributed by atoms with E-state index in [1.54, 1.807) is 12.4 Å². The molecule has 2 nitrogen and oxygen atoms in total. The van der Waals surface area contributed by atoms with E-state index in [0.717, 1.165) is 17.5 Å². The molecule has 0 saturated carbocycles. The van der Waals surface area contributed by atoms with Crippen molar-refractivity contribution < 1.29 is 5.11 Å². The molecule has 0 aliphatic heterocycles. The van der Waals surface area contributed by atoms with Crippen molar-refractivity contribution in [3.63, 3.8) is 0 Å². The summed E-state index contributed by atoms with van der Waals surface area (Å²) in [6.45, 7) is 6.40. The molecule has 106 valence electrons. The van der Waals surface area contributed by atoms with Crippen LogP contribution in [0.25, 0.3) is 0 Å². The summed E-state index contributed by atoms with van der Waals surface area (Å²) in [6.07, 6.45) is 4.08. The molecule has 0 amide bonds. The number of hydrogen-bond donors (Lipinski definition) is 1. The van der Waals surface area contributed by atoms with Gasteiger partial charge >= 0.3 is 0 Å². The van der Waals surface area contributed by atoms with Crippen LogP contribution in [-0.2, 0) is 0 Å². The summed E-state index contributed by atoms with van der Waals surface area (Å²) in [7, 11) is 0. The molecule has 0 fully saturated rings. The molecule has 1 aromatic heterocycles. The molecule has 20 heavy (non-hydrogen) atoms. The number of nitrogens with zero attached hydrogens (tertiary/aromatic N) is 1. The molecule has 0 aliphatic rings. The van der Waals surface area contributed by atoms with E-state index >= 15 is 0 Å². The van der Waals surface area contributed by atoms with Gasteiger partial charge < -0.3 is 5.11 Å². The number of hydrogen-bond acceptors (Lipinski definition) is 2. The van der Waals surface area contributed by atoms with Crippen LogP contribution in [0.3, 0.4) is 0 Å². The molecule has 2 heteroatoms. The van der Waals surface area contributed by atoms with Gasteiger partial charge in [-0.25, -0.2) is 0 Å². The lowest BCUT2D eigenvalue weighted by molar-refractivity contribution is 0.117. The highest BCUT2D eigenvalue weighted by molar-refractivity contribution is 5.30. The van der Waals surface area contributed by atoms with Crippen LogP contribution in [0.5, 0.6) is 0 Å². The molecule has 2 rings (SSSR count). The monoisotopic (exact) mass is 269 g/mol. The number of rotatable bonds is 5. The molecule has 0 aliphatic carbocycles. The van der Waals surface area contributed by atoms with Crippen LogP contribution in [0, 0.1) is 12.8 Å². The lowest BCUT2D eigenvalue weighted by atomic mass is 9.79. The molecule has 1 heterocycles. The van der Waals surface area contributed by atoms with E-state index in [1.807, 2.05) is 31.2 Å². The van der Waals surface area contributed by atoms with E-state index in [1.165, 1.54) is 5.56 Å². The van der Waals surface area contributed by atoms with Gasteiger partial charge in [0.2, 0.25) is 0 Å². The topological polar surface area (TPSA) is 33.1 Å². The van der Waals surface area contributed by atoms with Crippen LogP contribution in [0.2, 0.25) is 0 Å². The van der Waals surface area contributed by atoms with Crippen molar-refractivity contribution in [3.05, 3.63) is 65.5 Å². The van der Waals surface area contributed by atoms with Crippen LogP contribution >= 0.6 is 0 Å². The molecule has 1 aromatic carbocycles. The Labute approximate surface area is 121 Å². The van der Waals surface area contributed by atoms with Gasteiger partial charge in [-0.15, -0.1) is 0 Å². The van der Waals surface area contributed by atoms with Crippen LogP contribution in [0.4, 0.5) is 0 Å².